The van der Waals surface area contributed by atoms with Crippen LogP contribution in [0.25, 0.3) is 0 Å². The topological polar surface area (TPSA) is 61.9 Å². The van der Waals surface area contributed by atoms with E-state index in [1.54, 1.807) is 4.90 Å². The van der Waals surface area contributed by atoms with E-state index in [-0.39, 0.29) is 37.2 Å². The van der Waals surface area contributed by atoms with Gasteiger partial charge in [-0.05, 0) is 72.7 Å². The standard InChI is InChI=1S/C36H38F7N3O3/c1-2-16-45-18-14-31(15-19-45)46(34(48)49-24-25-7-4-3-5-8-25)17-6-9-32(27-10-12-30(37)13-11-27)33(47)44-23-26-20-28(35(38,39)40)22-29(21-26)36(41,42)43/h2-5,7-8,10-13,20-22,31-32H,1,6,9,14-19,23-24H2,(H,44,47)/t32-/m0/s1. The Labute approximate surface area is 280 Å². The minimum atomic E-state index is -5.03. The Bertz CT molecular complexity index is 1510. The lowest BCUT2D eigenvalue weighted by Gasteiger charge is -2.38. The van der Waals surface area contributed by atoms with Crippen LogP contribution in [-0.2, 0) is 35.0 Å². The third kappa shape index (κ3) is 11.1. The summed E-state index contributed by atoms with van der Waals surface area (Å²) in [5, 5.41) is 2.46. The lowest BCUT2D eigenvalue weighted by atomic mass is 9.92. The van der Waals surface area contributed by atoms with Crippen LogP contribution in [0, 0.1) is 5.82 Å². The smallest absolute Gasteiger partial charge is 0.416 e. The molecule has 0 bridgehead atoms. The maximum atomic E-state index is 13.8. The predicted molar refractivity (Wildman–Crippen MR) is 170 cm³/mol. The number of nitrogens with zero attached hydrogens (tertiary/aromatic N) is 2. The van der Waals surface area contributed by atoms with Gasteiger partial charge in [0.15, 0.2) is 0 Å². The van der Waals surface area contributed by atoms with Crippen LogP contribution in [0.2, 0.25) is 0 Å². The predicted octanol–water partition coefficient (Wildman–Crippen LogP) is 8.33. The van der Waals surface area contributed by atoms with Crippen molar-refractivity contribution in [3.8, 4) is 0 Å². The van der Waals surface area contributed by atoms with E-state index in [1.807, 2.05) is 36.4 Å². The Morgan fingerprint density at radius 2 is 1.53 bits per heavy atom. The van der Waals surface area contributed by atoms with Gasteiger partial charge in [-0.25, -0.2) is 9.18 Å². The average Bonchev–Trinajstić information content (AvgIpc) is 3.07. The fourth-order valence-corrected chi connectivity index (χ4v) is 5.87. The van der Waals surface area contributed by atoms with E-state index >= 15 is 0 Å². The van der Waals surface area contributed by atoms with Crippen LogP contribution in [-0.4, -0.2) is 54.0 Å². The van der Waals surface area contributed by atoms with Gasteiger partial charge in [0.25, 0.3) is 0 Å². The number of amides is 2. The zero-order valence-electron chi connectivity index (χ0n) is 26.7. The second-order valence-corrected chi connectivity index (χ2v) is 11.9. The Morgan fingerprint density at radius 3 is 2.10 bits per heavy atom. The maximum absolute atomic E-state index is 13.8. The molecule has 0 radical (unpaired) electrons. The van der Waals surface area contributed by atoms with Gasteiger partial charge in [-0.15, -0.1) is 6.58 Å². The van der Waals surface area contributed by atoms with Crippen LogP contribution in [0.1, 0.15) is 59.4 Å². The number of benzene rings is 3. The molecule has 1 atom stereocenters. The summed E-state index contributed by atoms with van der Waals surface area (Å²) in [6, 6.07) is 15.3. The van der Waals surface area contributed by atoms with Gasteiger partial charge in [0, 0.05) is 38.8 Å². The summed E-state index contributed by atoms with van der Waals surface area (Å²) in [6.07, 6.45) is -6.95. The highest BCUT2D eigenvalue weighted by atomic mass is 19.4. The number of alkyl halides is 6. The van der Waals surface area contributed by atoms with Crippen molar-refractivity contribution in [3.63, 3.8) is 0 Å². The number of nitrogens with one attached hydrogen (secondary N) is 1. The Balaban J connectivity index is 1.49. The Hall–Kier alpha value is -4.39. The van der Waals surface area contributed by atoms with Gasteiger partial charge >= 0.3 is 18.4 Å². The largest absolute Gasteiger partial charge is 0.445 e. The van der Waals surface area contributed by atoms with Crippen molar-refractivity contribution < 1.29 is 45.1 Å². The molecule has 6 nitrogen and oxygen atoms in total. The van der Waals surface area contributed by atoms with Crippen LogP contribution in [0.5, 0.6) is 0 Å². The van der Waals surface area contributed by atoms with Gasteiger partial charge in [-0.1, -0.05) is 48.5 Å². The molecule has 264 valence electrons. The zero-order valence-corrected chi connectivity index (χ0v) is 26.7. The summed E-state index contributed by atoms with van der Waals surface area (Å²) in [5.74, 6) is -2.17. The van der Waals surface area contributed by atoms with Gasteiger partial charge in [0.05, 0.1) is 17.0 Å². The Morgan fingerprint density at radius 1 is 0.918 bits per heavy atom. The second-order valence-electron chi connectivity index (χ2n) is 11.9. The molecule has 3 aromatic carbocycles. The SMILES string of the molecule is C=CCN1CCC(N(CCC[C@H](C(=O)NCc2cc(C(F)(F)F)cc(C(F)(F)F)c2)c2ccc(F)cc2)C(=O)OCc2ccccc2)CC1. The van der Waals surface area contributed by atoms with Crippen molar-refractivity contribution in [2.24, 2.45) is 0 Å². The monoisotopic (exact) mass is 693 g/mol. The molecule has 1 saturated heterocycles. The number of rotatable bonds is 13. The number of carbonyl (C=O) groups excluding carboxylic acids is 2. The number of likely N-dealkylation sites (tertiary alicyclic amines) is 1. The number of carbonyl (C=O) groups is 2. The molecule has 0 aliphatic carbocycles. The summed E-state index contributed by atoms with van der Waals surface area (Å²) in [6.45, 7) is 5.66. The summed E-state index contributed by atoms with van der Waals surface area (Å²) in [5.41, 5.74) is -2.15. The summed E-state index contributed by atoms with van der Waals surface area (Å²) in [4.78, 5) is 30.7. The molecule has 1 fully saturated rings. The summed E-state index contributed by atoms with van der Waals surface area (Å²) in [7, 11) is 0. The number of hydrogen-bond donors (Lipinski definition) is 1. The van der Waals surface area contributed by atoms with E-state index in [0.29, 0.717) is 37.0 Å². The van der Waals surface area contributed by atoms with Crippen molar-refractivity contribution in [2.45, 2.75) is 63.1 Å². The molecule has 1 aliphatic heterocycles. The highest BCUT2D eigenvalue weighted by Gasteiger charge is 2.37. The van der Waals surface area contributed by atoms with Crippen LogP contribution in [0.15, 0.2) is 85.5 Å². The molecule has 1 heterocycles. The average molecular weight is 694 g/mol. The van der Waals surface area contributed by atoms with E-state index in [4.69, 9.17) is 4.74 Å². The summed E-state index contributed by atoms with van der Waals surface area (Å²) < 4.78 is 99.7. The van der Waals surface area contributed by atoms with Gasteiger partial charge < -0.3 is 15.0 Å². The molecular formula is C36H38F7N3O3. The van der Waals surface area contributed by atoms with Crippen LogP contribution < -0.4 is 5.32 Å². The third-order valence-electron chi connectivity index (χ3n) is 8.42. The first kappa shape index (κ1) is 37.4. The molecule has 4 rings (SSSR count). The van der Waals surface area contributed by atoms with Crippen molar-refractivity contribution in [2.75, 3.05) is 26.2 Å². The number of ether oxygens (including phenoxy) is 1. The van der Waals surface area contributed by atoms with Gasteiger partial charge in [0.2, 0.25) is 5.91 Å². The van der Waals surface area contributed by atoms with E-state index in [1.165, 1.54) is 12.1 Å². The Kier molecular flexibility index (Phi) is 12.8. The molecule has 2 amide bonds. The fourth-order valence-electron chi connectivity index (χ4n) is 5.87. The lowest BCUT2D eigenvalue weighted by molar-refractivity contribution is -0.143. The zero-order chi connectivity index (χ0) is 35.6. The molecule has 13 heteroatoms. The first-order valence-corrected chi connectivity index (χ1v) is 15.9. The molecule has 1 N–H and O–H groups in total. The van der Waals surface area contributed by atoms with Crippen LogP contribution >= 0.6 is 0 Å². The molecule has 3 aromatic rings. The molecule has 0 aromatic heterocycles. The minimum Gasteiger partial charge on any atom is -0.445 e. The molecule has 0 unspecified atom stereocenters. The third-order valence-corrected chi connectivity index (χ3v) is 8.42. The molecule has 0 saturated carbocycles. The van der Waals surface area contributed by atoms with Gasteiger partial charge in [-0.3, -0.25) is 9.69 Å². The van der Waals surface area contributed by atoms with Crippen LogP contribution in [0.3, 0.4) is 0 Å². The maximum Gasteiger partial charge on any atom is 0.416 e. The van der Waals surface area contributed by atoms with E-state index < -0.39 is 53.8 Å². The first-order chi connectivity index (χ1) is 23.2. The second kappa shape index (κ2) is 16.8. The number of piperidine rings is 1. The molecule has 0 spiro atoms. The molecule has 1 aliphatic rings. The molecule has 49 heavy (non-hydrogen) atoms. The van der Waals surface area contributed by atoms with Crippen molar-refractivity contribution in [1.82, 2.24) is 15.1 Å². The van der Waals surface area contributed by atoms with Crippen molar-refractivity contribution in [1.29, 1.82) is 0 Å². The van der Waals surface area contributed by atoms with Gasteiger partial charge in [0.1, 0.15) is 12.4 Å². The van der Waals surface area contributed by atoms with Crippen molar-refractivity contribution in [3.05, 3.63) is 119 Å². The highest BCUT2D eigenvalue weighted by molar-refractivity contribution is 5.83. The number of halogens is 7. The van der Waals surface area contributed by atoms with Crippen molar-refractivity contribution >= 4 is 12.0 Å². The lowest BCUT2D eigenvalue weighted by Crippen LogP contribution is -2.48. The molecular weight excluding hydrogens is 655 g/mol. The minimum absolute atomic E-state index is 0.0204. The van der Waals surface area contributed by atoms with Crippen LogP contribution in [0.4, 0.5) is 35.5 Å². The first-order valence-electron chi connectivity index (χ1n) is 15.9. The quantitative estimate of drug-likeness (QED) is 0.145. The normalized spacial score (nSPS) is 15.0. The van der Waals surface area contributed by atoms with Gasteiger partial charge in [-0.2, -0.15) is 26.3 Å². The summed E-state index contributed by atoms with van der Waals surface area (Å²) >= 11 is 0. The van der Waals surface area contributed by atoms with E-state index in [2.05, 4.69) is 16.8 Å². The van der Waals surface area contributed by atoms with E-state index in [0.717, 1.165) is 37.3 Å². The number of hydrogen-bond acceptors (Lipinski definition) is 4. The fraction of sp³-hybridized carbons (Fsp3) is 0.389. The van der Waals surface area contributed by atoms with E-state index in [9.17, 15) is 40.3 Å². The highest BCUT2D eigenvalue weighted by Crippen LogP contribution is 2.36.